The van der Waals surface area contributed by atoms with Crippen molar-refractivity contribution in [2.45, 2.75) is 38.1 Å². The van der Waals surface area contributed by atoms with Crippen LogP contribution >= 0.6 is 0 Å². The SMILES string of the molecule is NC(=O)CN1C[C@@H](COC(=O)N2CCCCC2)CC[C@H]1c1ccccc1. The molecule has 0 unspecified atom stereocenters. The van der Waals surface area contributed by atoms with Crippen LogP contribution in [0, 0.1) is 5.92 Å². The molecule has 3 rings (SSSR count). The predicted octanol–water partition coefficient (Wildman–Crippen LogP) is 2.55. The van der Waals surface area contributed by atoms with Crippen LogP contribution in [-0.2, 0) is 9.53 Å². The summed E-state index contributed by atoms with van der Waals surface area (Å²) in [6.07, 6.45) is 5.02. The first-order valence-electron chi connectivity index (χ1n) is 9.62. The van der Waals surface area contributed by atoms with Crippen molar-refractivity contribution in [2.75, 3.05) is 32.8 Å². The van der Waals surface area contributed by atoms with Crippen LogP contribution in [0.25, 0.3) is 0 Å². The van der Waals surface area contributed by atoms with Crippen LogP contribution < -0.4 is 5.73 Å². The van der Waals surface area contributed by atoms with Crippen molar-refractivity contribution in [3.63, 3.8) is 0 Å². The maximum atomic E-state index is 12.2. The van der Waals surface area contributed by atoms with E-state index in [0.29, 0.717) is 6.61 Å². The van der Waals surface area contributed by atoms with Gasteiger partial charge < -0.3 is 15.4 Å². The number of amides is 2. The number of ether oxygens (including phenoxy) is 1. The lowest BCUT2D eigenvalue weighted by Gasteiger charge is -2.39. The van der Waals surface area contributed by atoms with Crippen LogP contribution in [0.15, 0.2) is 30.3 Å². The Balaban J connectivity index is 1.55. The highest BCUT2D eigenvalue weighted by molar-refractivity contribution is 5.76. The molecule has 2 fully saturated rings. The Morgan fingerprint density at radius 3 is 2.50 bits per heavy atom. The molecule has 142 valence electrons. The minimum absolute atomic E-state index is 0.192. The van der Waals surface area contributed by atoms with E-state index in [1.54, 1.807) is 4.90 Å². The van der Waals surface area contributed by atoms with Gasteiger partial charge in [-0.1, -0.05) is 30.3 Å². The number of likely N-dealkylation sites (tertiary alicyclic amines) is 2. The molecule has 0 aliphatic carbocycles. The van der Waals surface area contributed by atoms with Crippen molar-refractivity contribution < 1.29 is 14.3 Å². The highest BCUT2D eigenvalue weighted by Crippen LogP contribution is 2.33. The molecule has 0 bridgehead atoms. The van der Waals surface area contributed by atoms with E-state index in [9.17, 15) is 9.59 Å². The Bertz CT molecular complexity index is 602. The Kier molecular flexibility index (Phi) is 6.50. The van der Waals surface area contributed by atoms with Crippen LogP contribution in [0.4, 0.5) is 4.79 Å². The molecule has 1 aromatic rings. The summed E-state index contributed by atoms with van der Waals surface area (Å²) in [5, 5.41) is 0. The first kappa shape index (κ1) is 18.7. The van der Waals surface area contributed by atoms with Gasteiger partial charge in [-0.05, 0) is 37.7 Å². The third kappa shape index (κ3) is 4.97. The fourth-order valence-electron chi connectivity index (χ4n) is 4.05. The summed E-state index contributed by atoms with van der Waals surface area (Å²) in [6, 6.07) is 10.4. The van der Waals surface area contributed by atoms with Gasteiger partial charge >= 0.3 is 6.09 Å². The van der Waals surface area contributed by atoms with Gasteiger partial charge in [0, 0.05) is 31.6 Å². The van der Waals surface area contributed by atoms with Crippen molar-refractivity contribution >= 4 is 12.0 Å². The van der Waals surface area contributed by atoms with Gasteiger partial charge in [0.2, 0.25) is 5.91 Å². The van der Waals surface area contributed by atoms with E-state index < -0.39 is 0 Å². The van der Waals surface area contributed by atoms with E-state index >= 15 is 0 Å². The lowest BCUT2D eigenvalue weighted by Crippen LogP contribution is -2.44. The van der Waals surface area contributed by atoms with Crippen molar-refractivity contribution in [2.24, 2.45) is 11.7 Å². The molecule has 26 heavy (non-hydrogen) atoms. The zero-order valence-corrected chi connectivity index (χ0v) is 15.3. The molecule has 0 aromatic heterocycles. The number of benzene rings is 1. The highest BCUT2D eigenvalue weighted by Gasteiger charge is 2.31. The zero-order chi connectivity index (χ0) is 18.4. The minimum Gasteiger partial charge on any atom is -0.449 e. The third-order valence-electron chi connectivity index (χ3n) is 5.38. The number of rotatable bonds is 5. The van der Waals surface area contributed by atoms with E-state index in [0.717, 1.165) is 45.3 Å². The summed E-state index contributed by atoms with van der Waals surface area (Å²) in [5.41, 5.74) is 6.66. The molecule has 6 nitrogen and oxygen atoms in total. The van der Waals surface area contributed by atoms with Gasteiger partial charge in [-0.15, -0.1) is 0 Å². The van der Waals surface area contributed by atoms with Gasteiger partial charge in [-0.25, -0.2) is 4.79 Å². The third-order valence-corrected chi connectivity index (χ3v) is 5.38. The second-order valence-corrected chi connectivity index (χ2v) is 7.39. The van der Waals surface area contributed by atoms with Crippen molar-refractivity contribution in [1.82, 2.24) is 9.80 Å². The molecule has 0 spiro atoms. The second kappa shape index (κ2) is 9.03. The molecule has 2 saturated heterocycles. The average molecular weight is 359 g/mol. The number of hydrogen-bond acceptors (Lipinski definition) is 4. The number of piperidine rings is 2. The number of carbonyl (C=O) groups is 2. The summed E-state index contributed by atoms with van der Waals surface area (Å²) in [4.78, 5) is 27.6. The monoisotopic (exact) mass is 359 g/mol. The summed E-state index contributed by atoms with van der Waals surface area (Å²) in [6.45, 7) is 2.96. The lowest BCUT2D eigenvalue weighted by atomic mass is 9.89. The van der Waals surface area contributed by atoms with E-state index in [2.05, 4.69) is 17.0 Å². The highest BCUT2D eigenvalue weighted by atomic mass is 16.6. The number of primary amides is 1. The molecule has 6 heteroatoms. The first-order valence-corrected chi connectivity index (χ1v) is 9.62. The molecular formula is C20H29N3O3. The topological polar surface area (TPSA) is 75.9 Å². The van der Waals surface area contributed by atoms with E-state index in [-0.39, 0.29) is 30.5 Å². The maximum absolute atomic E-state index is 12.2. The summed E-state index contributed by atoms with van der Waals surface area (Å²) in [5.74, 6) is -0.0834. The Labute approximate surface area is 155 Å². The van der Waals surface area contributed by atoms with Gasteiger partial charge in [-0.3, -0.25) is 9.69 Å². The molecule has 2 N–H and O–H groups in total. The number of nitrogens with zero attached hydrogens (tertiary/aromatic N) is 2. The molecule has 2 atom stereocenters. The summed E-state index contributed by atoms with van der Waals surface area (Å²) >= 11 is 0. The van der Waals surface area contributed by atoms with Crippen molar-refractivity contribution in [1.29, 1.82) is 0 Å². The van der Waals surface area contributed by atoms with Crippen LogP contribution in [0.2, 0.25) is 0 Å². The molecule has 2 heterocycles. The van der Waals surface area contributed by atoms with Gasteiger partial charge in [0.1, 0.15) is 0 Å². The van der Waals surface area contributed by atoms with Crippen LogP contribution in [0.1, 0.15) is 43.7 Å². The number of nitrogens with two attached hydrogens (primary N) is 1. The van der Waals surface area contributed by atoms with Crippen LogP contribution in [0.5, 0.6) is 0 Å². The Morgan fingerprint density at radius 1 is 1.08 bits per heavy atom. The Hall–Kier alpha value is -2.08. The van der Waals surface area contributed by atoms with Crippen molar-refractivity contribution in [3.8, 4) is 0 Å². The smallest absolute Gasteiger partial charge is 0.409 e. The standard InChI is InChI=1S/C20H29N3O3/c21-19(24)14-23-13-16(9-10-18(23)17-7-3-1-4-8-17)15-26-20(25)22-11-5-2-6-12-22/h1,3-4,7-8,16,18H,2,5-6,9-15H2,(H2,21,24)/t16-,18-/m0/s1. The number of hydrogen-bond donors (Lipinski definition) is 1. The summed E-state index contributed by atoms with van der Waals surface area (Å²) in [7, 11) is 0. The molecule has 2 aliphatic heterocycles. The average Bonchev–Trinajstić information content (AvgIpc) is 2.67. The molecule has 0 radical (unpaired) electrons. The molecule has 1 aromatic carbocycles. The largest absolute Gasteiger partial charge is 0.449 e. The Morgan fingerprint density at radius 2 is 1.81 bits per heavy atom. The molecule has 0 saturated carbocycles. The van der Waals surface area contributed by atoms with Gasteiger partial charge in [0.25, 0.3) is 0 Å². The summed E-state index contributed by atoms with van der Waals surface area (Å²) < 4.78 is 5.56. The quantitative estimate of drug-likeness (QED) is 0.877. The zero-order valence-electron chi connectivity index (χ0n) is 15.3. The van der Waals surface area contributed by atoms with Gasteiger partial charge in [0.05, 0.1) is 13.2 Å². The van der Waals surface area contributed by atoms with E-state index in [1.165, 1.54) is 12.0 Å². The minimum atomic E-state index is -0.322. The van der Waals surface area contributed by atoms with Crippen molar-refractivity contribution in [3.05, 3.63) is 35.9 Å². The lowest BCUT2D eigenvalue weighted by molar-refractivity contribution is -0.120. The van der Waals surface area contributed by atoms with Crippen LogP contribution in [-0.4, -0.2) is 54.6 Å². The fourth-order valence-corrected chi connectivity index (χ4v) is 4.05. The second-order valence-electron chi connectivity index (χ2n) is 7.39. The normalized spacial score (nSPS) is 24.2. The van der Waals surface area contributed by atoms with Crippen LogP contribution in [0.3, 0.4) is 0 Å². The predicted molar refractivity (Wildman–Crippen MR) is 99.4 cm³/mol. The molecular weight excluding hydrogens is 330 g/mol. The van der Waals surface area contributed by atoms with E-state index in [1.807, 2.05) is 18.2 Å². The van der Waals surface area contributed by atoms with Gasteiger partial charge in [0.15, 0.2) is 0 Å². The maximum Gasteiger partial charge on any atom is 0.409 e. The molecule has 2 aliphatic rings. The van der Waals surface area contributed by atoms with Gasteiger partial charge in [-0.2, -0.15) is 0 Å². The fraction of sp³-hybridized carbons (Fsp3) is 0.600. The van der Waals surface area contributed by atoms with E-state index in [4.69, 9.17) is 10.5 Å². The first-order chi connectivity index (χ1) is 12.6. The molecule has 2 amide bonds. The number of carbonyl (C=O) groups excluding carboxylic acids is 2.